The van der Waals surface area contributed by atoms with E-state index >= 15 is 0 Å². The molecule has 0 saturated carbocycles. The summed E-state index contributed by atoms with van der Waals surface area (Å²) in [6.07, 6.45) is 5.05. The number of nitrogens with zero attached hydrogens (tertiary/aromatic N) is 1. The van der Waals surface area contributed by atoms with Crippen LogP contribution >= 0.6 is 0 Å². The lowest BCUT2D eigenvalue weighted by Crippen LogP contribution is -2.33. The highest BCUT2D eigenvalue weighted by Crippen LogP contribution is 2.26. The average molecular weight is 486 g/mol. The van der Waals surface area contributed by atoms with Crippen LogP contribution in [0.2, 0.25) is 0 Å². The molecule has 0 bridgehead atoms. The molecule has 0 aromatic heterocycles. The maximum atomic E-state index is 12.9. The van der Waals surface area contributed by atoms with Gasteiger partial charge in [0.25, 0.3) is 5.91 Å². The van der Waals surface area contributed by atoms with Gasteiger partial charge in [0, 0.05) is 11.3 Å². The Morgan fingerprint density at radius 2 is 1.69 bits per heavy atom. The van der Waals surface area contributed by atoms with Gasteiger partial charge in [-0.05, 0) is 106 Å². The molecule has 3 amide bonds. The zero-order valence-electron chi connectivity index (χ0n) is 21.0. The molecule has 3 aromatic carbocycles. The molecule has 36 heavy (non-hydrogen) atoms. The van der Waals surface area contributed by atoms with Crippen LogP contribution in [0.4, 0.5) is 21.9 Å². The summed E-state index contributed by atoms with van der Waals surface area (Å²) in [5, 5.41) is 8.98. The van der Waals surface area contributed by atoms with Crippen molar-refractivity contribution in [3.63, 3.8) is 0 Å². The molecule has 1 aliphatic rings. The fourth-order valence-electron chi connectivity index (χ4n) is 4.58. The normalized spacial score (nSPS) is 13.2. The molecule has 0 aliphatic heterocycles. The number of hydrogen-bond donors (Lipinski definition) is 4. The summed E-state index contributed by atoms with van der Waals surface area (Å²) in [6.45, 7) is 0.920. The minimum absolute atomic E-state index is 0.179. The van der Waals surface area contributed by atoms with Crippen molar-refractivity contribution in [2.45, 2.75) is 38.1 Å². The number of para-hydroxylation sites is 2. The number of nitrogens with one attached hydrogen (secondary N) is 3. The summed E-state index contributed by atoms with van der Waals surface area (Å²) < 4.78 is 0. The summed E-state index contributed by atoms with van der Waals surface area (Å²) in [6, 6.07) is 20.3. The van der Waals surface area contributed by atoms with E-state index in [-0.39, 0.29) is 18.0 Å². The van der Waals surface area contributed by atoms with Crippen molar-refractivity contribution in [2.24, 2.45) is 0 Å². The second-order valence-corrected chi connectivity index (χ2v) is 9.60. The third-order valence-electron chi connectivity index (χ3n) is 6.54. The van der Waals surface area contributed by atoms with Crippen molar-refractivity contribution in [3.8, 4) is 0 Å². The highest BCUT2D eigenvalue weighted by Gasteiger charge is 2.17. The second-order valence-electron chi connectivity index (χ2n) is 9.60. The molecule has 0 heterocycles. The number of anilines is 3. The van der Waals surface area contributed by atoms with E-state index in [2.05, 4.69) is 33.0 Å². The molecule has 5 N–H and O–H groups in total. The standard InChI is InChI=1S/C29H35N5O2/c1-34(2)18-6-11-26(33-29(36)31-24-17-16-20-7-5-8-23(20)19-24)21-12-14-22(15-13-21)28(35)32-27-10-4-3-9-25(27)30/h3-4,9-10,12-17,19,26H,5-8,11,18,30H2,1-2H3,(H,32,35)(H2,31,33,36). The second kappa shape index (κ2) is 11.7. The van der Waals surface area contributed by atoms with E-state index < -0.39 is 0 Å². The van der Waals surface area contributed by atoms with E-state index in [1.807, 2.05) is 44.4 Å². The zero-order chi connectivity index (χ0) is 25.5. The number of carbonyl (C=O) groups is 2. The van der Waals surface area contributed by atoms with Gasteiger partial charge in [-0.15, -0.1) is 0 Å². The van der Waals surface area contributed by atoms with Gasteiger partial charge < -0.3 is 26.6 Å². The van der Waals surface area contributed by atoms with Gasteiger partial charge in [0.05, 0.1) is 17.4 Å². The molecule has 0 radical (unpaired) electrons. The Labute approximate surface area is 213 Å². The van der Waals surface area contributed by atoms with Crippen LogP contribution in [0.15, 0.2) is 66.7 Å². The molecule has 7 nitrogen and oxygen atoms in total. The van der Waals surface area contributed by atoms with Crippen molar-refractivity contribution < 1.29 is 9.59 Å². The van der Waals surface area contributed by atoms with Gasteiger partial charge in [-0.2, -0.15) is 0 Å². The van der Waals surface area contributed by atoms with Gasteiger partial charge >= 0.3 is 6.03 Å². The highest BCUT2D eigenvalue weighted by molar-refractivity contribution is 6.05. The number of benzene rings is 3. The van der Waals surface area contributed by atoms with Crippen LogP contribution in [-0.4, -0.2) is 37.5 Å². The Kier molecular flexibility index (Phi) is 8.23. The first-order valence-electron chi connectivity index (χ1n) is 12.5. The van der Waals surface area contributed by atoms with Crippen molar-refractivity contribution >= 4 is 29.0 Å². The Hall–Kier alpha value is -3.84. The lowest BCUT2D eigenvalue weighted by Gasteiger charge is -2.21. The molecule has 4 rings (SSSR count). The van der Waals surface area contributed by atoms with Crippen molar-refractivity contribution in [1.29, 1.82) is 0 Å². The number of amides is 3. The first-order valence-corrected chi connectivity index (χ1v) is 12.5. The number of fused-ring (bicyclic) bond motifs is 1. The predicted octanol–water partition coefficient (Wildman–Crippen LogP) is 5.21. The van der Waals surface area contributed by atoms with Gasteiger partial charge in [0.2, 0.25) is 0 Å². The molecule has 3 aromatic rings. The summed E-state index contributed by atoms with van der Waals surface area (Å²) in [5.41, 5.74) is 12.0. The number of hydrogen-bond acceptors (Lipinski definition) is 4. The van der Waals surface area contributed by atoms with Crippen LogP contribution in [0.5, 0.6) is 0 Å². The van der Waals surface area contributed by atoms with E-state index in [1.165, 1.54) is 17.5 Å². The molecule has 188 valence electrons. The Bertz CT molecular complexity index is 1210. The zero-order valence-corrected chi connectivity index (χ0v) is 21.0. The number of nitrogens with two attached hydrogens (primary N) is 1. The average Bonchev–Trinajstić information content (AvgIpc) is 3.33. The molecule has 1 unspecified atom stereocenters. The lowest BCUT2D eigenvalue weighted by atomic mass is 10.00. The van der Waals surface area contributed by atoms with E-state index in [1.54, 1.807) is 24.3 Å². The van der Waals surface area contributed by atoms with E-state index in [9.17, 15) is 9.59 Å². The Balaban J connectivity index is 1.43. The molecular formula is C29H35N5O2. The number of urea groups is 1. The Morgan fingerprint density at radius 1 is 0.944 bits per heavy atom. The van der Waals surface area contributed by atoms with E-state index in [0.29, 0.717) is 16.9 Å². The number of rotatable bonds is 9. The molecular weight excluding hydrogens is 450 g/mol. The first-order chi connectivity index (χ1) is 17.4. The van der Waals surface area contributed by atoms with Gasteiger partial charge in [0.1, 0.15) is 0 Å². The summed E-state index contributed by atoms with van der Waals surface area (Å²) in [5.74, 6) is -0.231. The van der Waals surface area contributed by atoms with Crippen LogP contribution < -0.4 is 21.7 Å². The van der Waals surface area contributed by atoms with Crippen LogP contribution in [0.1, 0.15) is 52.4 Å². The van der Waals surface area contributed by atoms with Crippen LogP contribution in [0, 0.1) is 0 Å². The fraction of sp³-hybridized carbons (Fsp3) is 0.310. The van der Waals surface area contributed by atoms with Gasteiger partial charge in [-0.25, -0.2) is 4.79 Å². The van der Waals surface area contributed by atoms with Crippen molar-refractivity contribution in [1.82, 2.24) is 10.2 Å². The van der Waals surface area contributed by atoms with E-state index in [4.69, 9.17) is 5.73 Å². The smallest absolute Gasteiger partial charge is 0.319 e. The Morgan fingerprint density at radius 3 is 2.44 bits per heavy atom. The number of carbonyl (C=O) groups excluding carboxylic acids is 2. The maximum absolute atomic E-state index is 12.9. The highest BCUT2D eigenvalue weighted by atomic mass is 16.2. The van der Waals surface area contributed by atoms with Gasteiger partial charge in [-0.1, -0.05) is 30.3 Å². The monoisotopic (exact) mass is 485 g/mol. The summed E-state index contributed by atoms with van der Waals surface area (Å²) in [7, 11) is 4.08. The van der Waals surface area contributed by atoms with Crippen LogP contribution in [0.3, 0.4) is 0 Å². The van der Waals surface area contributed by atoms with Crippen molar-refractivity contribution in [2.75, 3.05) is 37.0 Å². The molecule has 1 aliphatic carbocycles. The SMILES string of the molecule is CN(C)CCCC(NC(=O)Nc1ccc2c(c1)CCC2)c1ccc(C(=O)Nc2ccccc2N)cc1. The topological polar surface area (TPSA) is 99.5 Å². The van der Waals surface area contributed by atoms with E-state index in [0.717, 1.165) is 43.5 Å². The molecule has 1 atom stereocenters. The number of nitrogen functional groups attached to an aromatic ring is 1. The third kappa shape index (κ3) is 6.64. The minimum Gasteiger partial charge on any atom is -0.397 e. The van der Waals surface area contributed by atoms with Gasteiger partial charge in [-0.3, -0.25) is 4.79 Å². The van der Waals surface area contributed by atoms with Gasteiger partial charge in [0.15, 0.2) is 0 Å². The first kappa shape index (κ1) is 25.3. The molecule has 0 fully saturated rings. The fourth-order valence-corrected chi connectivity index (χ4v) is 4.58. The summed E-state index contributed by atoms with van der Waals surface area (Å²) in [4.78, 5) is 27.7. The molecule has 7 heteroatoms. The van der Waals surface area contributed by atoms with Crippen molar-refractivity contribution in [3.05, 3.63) is 89.0 Å². The molecule has 0 spiro atoms. The maximum Gasteiger partial charge on any atom is 0.319 e. The van der Waals surface area contributed by atoms with Crippen LogP contribution in [-0.2, 0) is 12.8 Å². The largest absolute Gasteiger partial charge is 0.397 e. The third-order valence-corrected chi connectivity index (χ3v) is 6.54. The molecule has 0 saturated heterocycles. The predicted molar refractivity (Wildman–Crippen MR) is 146 cm³/mol. The summed E-state index contributed by atoms with van der Waals surface area (Å²) >= 11 is 0. The number of aryl methyl sites for hydroxylation is 2. The van der Waals surface area contributed by atoms with Crippen LogP contribution in [0.25, 0.3) is 0 Å². The minimum atomic E-state index is -0.232. The lowest BCUT2D eigenvalue weighted by molar-refractivity contribution is 0.102. The quantitative estimate of drug-likeness (QED) is 0.313.